The molecule has 0 saturated heterocycles. The second-order valence-electron chi connectivity index (χ2n) is 11.7. The number of ether oxygens (including phenoxy) is 1. The van der Waals surface area contributed by atoms with Crippen LogP contribution in [0.25, 0.3) is 0 Å². The van der Waals surface area contributed by atoms with E-state index in [9.17, 15) is 24.8 Å². The van der Waals surface area contributed by atoms with E-state index in [1.54, 1.807) is 39.0 Å². The zero-order valence-electron chi connectivity index (χ0n) is 24.7. The first-order chi connectivity index (χ1) is 19.4. The first kappa shape index (κ1) is 31.5. The molecule has 0 aromatic heterocycles. The number of amides is 3. The van der Waals surface area contributed by atoms with E-state index >= 15 is 0 Å². The number of nitriles is 1. The van der Waals surface area contributed by atoms with Crippen molar-refractivity contribution in [3.8, 4) is 11.8 Å². The minimum atomic E-state index is -1.14. The van der Waals surface area contributed by atoms with Gasteiger partial charge in [0.1, 0.15) is 30.0 Å². The van der Waals surface area contributed by atoms with Gasteiger partial charge in [0.05, 0.1) is 6.07 Å². The molecule has 3 N–H and O–H groups in total. The van der Waals surface area contributed by atoms with Crippen LogP contribution in [0.15, 0.2) is 42.5 Å². The summed E-state index contributed by atoms with van der Waals surface area (Å²) in [5, 5.41) is 25.4. The molecule has 9 nitrogen and oxygen atoms in total. The van der Waals surface area contributed by atoms with E-state index in [-0.39, 0.29) is 30.7 Å². The van der Waals surface area contributed by atoms with Gasteiger partial charge in [-0.1, -0.05) is 49.6 Å². The largest absolute Gasteiger partial charge is 0.508 e. The molecule has 2 aromatic rings. The molecule has 1 aliphatic rings. The Hall–Kier alpha value is -4.06. The number of nitrogens with zero attached hydrogens (tertiary/aromatic N) is 2. The van der Waals surface area contributed by atoms with Gasteiger partial charge >= 0.3 is 6.09 Å². The topological polar surface area (TPSA) is 132 Å². The minimum Gasteiger partial charge on any atom is -0.508 e. The maximum atomic E-state index is 14.3. The fourth-order valence-electron chi connectivity index (χ4n) is 5.14. The lowest BCUT2D eigenvalue weighted by Crippen LogP contribution is -2.54. The molecule has 0 radical (unpaired) electrons. The molecule has 3 amide bonds. The summed E-state index contributed by atoms with van der Waals surface area (Å²) in [5.41, 5.74) is 2.30. The highest BCUT2D eigenvalue weighted by Crippen LogP contribution is 2.29. The molecular formula is C32H42N4O5. The molecule has 9 heteroatoms. The number of hydrogen-bond acceptors (Lipinski definition) is 6. The summed E-state index contributed by atoms with van der Waals surface area (Å²) >= 11 is 0. The Morgan fingerprint density at radius 3 is 2.34 bits per heavy atom. The molecule has 0 aliphatic heterocycles. The van der Waals surface area contributed by atoms with Crippen molar-refractivity contribution in [3.05, 3.63) is 64.7 Å². The van der Waals surface area contributed by atoms with Crippen molar-refractivity contribution >= 4 is 17.9 Å². The van der Waals surface area contributed by atoms with Crippen molar-refractivity contribution < 1.29 is 24.2 Å². The highest BCUT2D eigenvalue weighted by Gasteiger charge is 2.38. The summed E-state index contributed by atoms with van der Waals surface area (Å²) in [4.78, 5) is 42.4. The predicted molar refractivity (Wildman–Crippen MR) is 156 cm³/mol. The number of aryl methyl sites for hydroxylation is 1. The normalized spacial score (nSPS) is 15.2. The van der Waals surface area contributed by atoms with Crippen molar-refractivity contribution in [2.24, 2.45) is 0 Å². The summed E-state index contributed by atoms with van der Waals surface area (Å²) in [6.07, 6.45) is 4.16. The lowest BCUT2D eigenvalue weighted by Gasteiger charge is -2.35. The number of hydrogen-bond donors (Lipinski definition) is 3. The van der Waals surface area contributed by atoms with Crippen LogP contribution in [0.3, 0.4) is 0 Å². The van der Waals surface area contributed by atoms with Gasteiger partial charge in [-0.25, -0.2) is 4.79 Å². The number of aromatic hydroxyl groups is 1. The van der Waals surface area contributed by atoms with Gasteiger partial charge < -0.3 is 25.4 Å². The van der Waals surface area contributed by atoms with Crippen LogP contribution in [0.1, 0.15) is 81.2 Å². The van der Waals surface area contributed by atoms with E-state index in [4.69, 9.17) is 4.74 Å². The van der Waals surface area contributed by atoms with E-state index < -0.39 is 29.7 Å². The number of phenolic OH excluding ortho intramolecular Hbond substituents is 1. The molecular weight excluding hydrogens is 520 g/mol. The van der Waals surface area contributed by atoms with Crippen LogP contribution in [0.5, 0.6) is 5.75 Å². The number of phenols is 1. The lowest BCUT2D eigenvalue weighted by molar-refractivity contribution is -0.142. The summed E-state index contributed by atoms with van der Waals surface area (Å²) in [6, 6.07) is 11.7. The average molecular weight is 563 g/mol. The number of alkyl carbamates (subject to hydrolysis) is 1. The van der Waals surface area contributed by atoms with Crippen molar-refractivity contribution in [2.45, 2.75) is 96.9 Å². The van der Waals surface area contributed by atoms with Crippen LogP contribution in [0.4, 0.5) is 4.79 Å². The Kier molecular flexibility index (Phi) is 10.8. The van der Waals surface area contributed by atoms with Crippen molar-refractivity contribution in [3.63, 3.8) is 0 Å². The SMILES string of the molecule is Cc1cccc(C(C(=O)NC2CCCCC2)N(CC#N)C(=O)C(Cc2ccc(O)cc2)NC(=O)OC(C)(C)C)c1C. The Morgan fingerprint density at radius 1 is 1.07 bits per heavy atom. The Labute approximate surface area is 242 Å². The van der Waals surface area contributed by atoms with Gasteiger partial charge in [0, 0.05) is 12.5 Å². The number of carbonyl (C=O) groups excluding carboxylic acids is 3. The van der Waals surface area contributed by atoms with E-state index in [0.29, 0.717) is 11.1 Å². The Balaban J connectivity index is 2.03. The third-order valence-electron chi connectivity index (χ3n) is 7.34. The van der Waals surface area contributed by atoms with E-state index in [1.807, 2.05) is 26.0 Å². The smallest absolute Gasteiger partial charge is 0.408 e. The third-order valence-corrected chi connectivity index (χ3v) is 7.34. The average Bonchev–Trinajstić information content (AvgIpc) is 2.90. The van der Waals surface area contributed by atoms with Crippen molar-refractivity contribution in [1.82, 2.24) is 15.5 Å². The van der Waals surface area contributed by atoms with E-state index in [0.717, 1.165) is 43.2 Å². The fraction of sp³-hybridized carbons (Fsp3) is 0.500. The number of rotatable bonds is 9. The first-order valence-corrected chi connectivity index (χ1v) is 14.2. The molecule has 0 bridgehead atoms. The molecule has 41 heavy (non-hydrogen) atoms. The second-order valence-corrected chi connectivity index (χ2v) is 11.7. The van der Waals surface area contributed by atoms with Crippen molar-refractivity contribution in [2.75, 3.05) is 6.54 Å². The van der Waals surface area contributed by atoms with Crippen LogP contribution in [0.2, 0.25) is 0 Å². The summed E-state index contributed by atoms with van der Waals surface area (Å²) in [6.45, 7) is 8.63. The molecule has 2 aromatic carbocycles. The lowest BCUT2D eigenvalue weighted by atomic mass is 9.92. The second kappa shape index (κ2) is 14.0. The molecule has 2 atom stereocenters. The molecule has 1 fully saturated rings. The zero-order chi connectivity index (χ0) is 30.2. The van der Waals surface area contributed by atoms with Crippen LogP contribution in [-0.2, 0) is 20.7 Å². The standard InChI is InChI=1S/C32H42N4O5/c1-21-10-9-13-26(22(21)2)28(29(38)34-24-11-7-6-8-12-24)36(19-18-33)30(39)27(35-31(40)41-32(3,4)5)20-23-14-16-25(37)17-15-23/h9-10,13-17,24,27-28,37H,6-8,11-12,19-20H2,1-5H3,(H,34,38)(H,35,40). The van der Waals surface area contributed by atoms with E-state index in [2.05, 4.69) is 16.7 Å². The molecule has 220 valence electrons. The van der Waals surface area contributed by atoms with Gasteiger partial charge in [-0.3, -0.25) is 9.59 Å². The third kappa shape index (κ3) is 8.97. The monoisotopic (exact) mass is 562 g/mol. The molecule has 3 rings (SSSR count). The summed E-state index contributed by atoms with van der Waals surface area (Å²) in [7, 11) is 0. The molecule has 0 heterocycles. The summed E-state index contributed by atoms with van der Waals surface area (Å²) < 4.78 is 5.44. The van der Waals surface area contributed by atoms with Gasteiger partial charge in [-0.05, 0) is 81.8 Å². The molecule has 1 aliphatic carbocycles. The van der Waals surface area contributed by atoms with Gasteiger partial charge in [0.25, 0.3) is 0 Å². The van der Waals surface area contributed by atoms with Crippen LogP contribution in [0, 0.1) is 25.2 Å². The van der Waals surface area contributed by atoms with Gasteiger partial charge in [-0.15, -0.1) is 0 Å². The zero-order valence-corrected chi connectivity index (χ0v) is 24.7. The van der Waals surface area contributed by atoms with Crippen molar-refractivity contribution in [1.29, 1.82) is 5.26 Å². The van der Waals surface area contributed by atoms with Gasteiger partial charge in [-0.2, -0.15) is 5.26 Å². The maximum absolute atomic E-state index is 14.3. The number of benzene rings is 2. The maximum Gasteiger partial charge on any atom is 0.408 e. The van der Waals surface area contributed by atoms with Gasteiger partial charge in [0.2, 0.25) is 11.8 Å². The fourth-order valence-corrected chi connectivity index (χ4v) is 5.14. The van der Waals surface area contributed by atoms with Crippen LogP contribution < -0.4 is 10.6 Å². The Bertz CT molecular complexity index is 1260. The van der Waals surface area contributed by atoms with Crippen LogP contribution >= 0.6 is 0 Å². The quantitative estimate of drug-likeness (QED) is 0.369. The highest BCUT2D eigenvalue weighted by atomic mass is 16.6. The number of carbonyl (C=O) groups is 3. The van der Waals surface area contributed by atoms with Crippen LogP contribution in [-0.4, -0.2) is 52.1 Å². The highest BCUT2D eigenvalue weighted by molar-refractivity contribution is 5.93. The first-order valence-electron chi connectivity index (χ1n) is 14.2. The molecule has 1 saturated carbocycles. The van der Waals surface area contributed by atoms with Gasteiger partial charge in [0.15, 0.2) is 0 Å². The molecule has 0 spiro atoms. The Morgan fingerprint density at radius 2 is 1.73 bits per heavy atom. The predicted octanol–water partition coefficient (Wildman–Crippen LogP) is 4.99. The van der Waals surface area contributed by atoms with E-state index in [1.165, 1.54) is 17.0 Å². The molecule has 2 unspecified atom stereocenters. The number of nitrogens with one attached hydrogen (secondary N) is 2. The summed E-state index contributed by atoms with van der Waals surface area (Å²) in [5.74, 6) is -0.873. The minimum absolute atomic E-state index is 0.00409.